The second-order valence-electron chi connectivity index (χ2n) is 10.2. The van der Waals surface area contributed by atoms with E-state index in [1.165, 1.54) is 53.0 Å². The smallest absolute Gasteiger partial charge is 0.0461 e. The minimum Gasteiger partial charge on any atom is -0.311 e. The molecule has 0 N–H and O–H groups in total. The fraction of sp³-hybridized carbons (Fsp3) is 0.278. The molecule has 0 spiro atoms. The minimum atomic E-state index is 0.554. The normalized spacial score (nSPS) is 20.2. The zero-order valence-corrected chi connectivity index (χ0v) is 21.9. The molecule has 0 aromatic heterocycles. The summed E-state index contributed by atoms with van der Waals surface area (Å²) in [6.07, 6.45) is 35.9. The van der Waals surface area contributed by atoms with Crippen LogP contribution in [-0.2, 0) is 6.42 Å². The van der Waals surface area contributed by atoms with Crippen LogP contribution in [-0.4, -0.2) is 0 Å². The van der Waals surface area contributed by atoms with Crippen molar-refractivity contribution in [3.63, 3.8) is 0 Å². The topological polar surface area (TPSA) is 3.24 Å². The van der Waals surface area contributed by atoms with Crippen molar-refractivity contribution in [2.75, 3.05) is 4.90 Å². The molecule has 0 amide bonds. The highest BCUT2D eigenvalue weighted by molar-refractivity contribution is 5.70. The maximum absolute atomic E-state index is 2.47. The molecule has 0 radical (unpaired) electrons. The van der Waals surface area contributed by atoms with Crippen molar-refractivity contribution in [3.05, 3.63) is 144 Å². The van der Waals surface area contributed by atoms with Crippen molar-refractivity contribution in [1.82, 2.24) is 0 Å². The Morgan fingerprint density at radius 1 is 0.649 bits per heavy atom. The van der Waals surface area contributed by atoms with Crippen LogP contribution in [0.3, 0.4) is 0 Å². The van der Waals surface area contributed by atoms with Crippen LogP contribution in [0.15, 0.2) is 138 Å². The van der Waals surface area contributed by atoms with Crippen LogP contribution in [0.1, 0.15) is 56.9 Å². The quantitative estimate of drug-likeness (QED) is 0.341. The molecule has 0 heterocycles. The Balaban J connectivity index is 1.32. The van der Waals surface area contributed by atoms with Crippen LogP contribution in [0.4, 0.5) is 11.4 Å². The number of hydrogen-bond donors (Lipinski definition) is 0. The molecular weight excluding hydrogens is 446 g/mol. The Kier molecular flexibility index (Phi) is 8.88. The standard InChI is InChI=1S/C36H39N/c1-2-7-15-31(16-8-3-1)29-33(32-17-9-4-10-18-32)26-23-30-24-27-36(28-25-30)37(34-19-11-5-12-20-34)35-21-13-6-14-22-35/h2,5,7-9,11-13,15-22,24-25,27-28,33H,1,3-4,6,10,14,23,26,29H2/b7-2?,16-8-,31-15+. The summed E-state index contributed by atoms with van der Waals surface area (Å²) in [5.41, 5.74) is 8.07. The van der Waals surface area contributed by atoms with Gasteiger partial charge in [0.2, 0.25) is 0 Å². The van der Waals surface area contributed by atoms with Gasteiger partial charge in [-0.2, -0.15) is 0 Å². The van der Waals surface area contributed by atoms with E-state index in [0.717, 1.165) is 38.5 Å². The van der Waals surface area contributed by atoms with Gasteiger partial charge in [0, 0.05) is 17.1 Å². The molecule has 37 heavy (non-hydrogen) atoms. The van der Waals surface area contributed by atoms with Crippen LogP contribution < -0.4 is 4.90 Å². The van der Waals surface area contributed by atoms with E-state index in [1.807, 2.05) is 0 Å². The molecule has 0 bridgehead atoms. The van der Waals surface area contributed by atoms with Crippen molar-refractivity contribution in [1.29, 1.82) is 0 Å². The molecule has 1 nitrogen and oxygen atoms in total. The number of aryl methyl sites for hydroxylation is 1. The number of benzene rings is 2. The van der Waals surface area contributed by atoms with Gasteiger partial charge in [0.15, 0.2) is 0 Å². The molecule has 5 rings (SSSR count). The van der Waals surface area contributed by atoms with Gasteiger partial charge in [-0.05, 0) is 111 Å². The first-order chi connectivity index (χ1) is 18.4. The van der Waals surface area contributed by atoms with Crippen LogP contribution >= 0.6 is 0 Å². The molecule has 3 aliphatic rings. The van der Waals surface area contributed by atoms with Gasteiger partial charge in [0.1, 0.15) is 0 Å². The number of nitrogens with zero attached hydrogens (tertiary/aromatic N) is 1. The second kappa shape index (κ2) is 13.1. The molecule has 2 aromatic rings. The lowest BCUT2D eigenvalue weighted by molar-refractivity contribution is 0.564. The number of anilines is 2. The summed E-state index contributed by atoms with van der Waals surface area (Å²) in [7, 11) is 0. The minimum absolute atomic E-state index is 0.554. The highest BCUT2D eigenvalue weighted by atomic mass is 15.1. The summed E-state index contributed by atoms with van der Waals surface area (Å²) in [6, 6.07) is 20.0. The molecule has 1 atom stereocenters. The van der Waals surface area contributed by atoms with Crippen molar-refractivity contribution in [2.45, 2.75) is 57.8 Å². The highest BCUT2D eigenvalue weighted by Gasteiger charge is 2.17. The zero-order chi connectivity index (χ0) is 25.1. The molecule has 3 aliphatic carbocycles. The largest absolute Gasteiger partial charge is 0.311 e. The zero-order valence-electron chi connectivity index (χ0n) is 21.9. The summed E-state index contributed by atoms with van der Waals surface area (Å²) < 4.78 is 0. The van der Waals surface area contributed by atoms with Crippen molar-refractivity contribution in [3.8, 4) is 0 Å². The van der Waals surface area contributed by atoms with Gasteiger partial charge in [-0.1, -0.05) is 91.1 Å². The van der Waals surface area contributed by atoms with Crippen molar-refractivity contribution < 1.29 is 0 Å². The Labute approximate surface area is 223 Å². The highest BCUT2D eigenvalue weighted by Crippen LogP contribution is 2.33. The molecule has 1 heteroatoms. The molecule has 0 fully saturated rings. The third kappa shape index (κ3) is 7.01. The molecule has 2 aromatic carbocycles. The fourth-order valence-electron chi connectivity index (χ4n) is 5.46. The van der Waals surface area contributed by atoms with Gasteiger partial charge in [0.25, 0.3) is 0 Å². The van der Waals surface area contributed by atoms with E-state index in [9.17, 15) is 0 Å². The average molecular weight is 486 g/mol. The predicted molar refractivity (Wildman–Crippen MR) is 160 cm³/mol. The first kappa shape index (κ1) is 25.1. The molecule has 188 valence electrons. The van der Waals surface area contributed by atoms with Gasteiger partial charge in [-0.25, -0.2) is 0 Å². The fourth-order valence-corrected chi connectivity index (χ4v) is 5.46. The third-order valence-corrected chi connectivity index (χ3v) is 7.48. The van der Waals surface area contributed by atoms with E-state index in [4.69, 9.17) is 0 Å². The predicted octanol–water partition coefficient (Wildman–Crippen LogP) is 10.1. The molecular formula is C36H39N. The summed E-state index contributed by atoms with van der Waals surface area (Å²) in [6.45, 7) is 0. The van der Waals surface area contributed by atoms with E-state index in [2.05, 4.69) is 126 Å². The maximum Gasteiger partial charge on any atom is 0.0461 e. The van der Waals surface area contributed by atoms with E-state index < -0.39 is 0 Å². The van der Waals surface area contributed by atoms with E-state index in [-0.39, 0.29) is 0 Å². The van der Waals surface area contributed by atoms with Crippen LogP contribution in [0.5, 0.6) is 0 Å². The number of para-hydroxylation sites is 1. The first-order valence-electron chi connectivity index (χ1n) is 14.1. The average Bonchev–Trinajstić information content (AvgIpc) is 2.94. The Morgan fingerprint density at radius 3 is 2.11 bits per heavy atom. The molecule has 0 aliphatic heterocycles. The summed E-state index contributed by atoms with van der Waals surface area (Å²) in [4.78, 5) is 2.38. The summed E-state index contributed by atoms with van der Waals surface area (Å²) in [5.74, 6) is 0.554. The summed E-state index contributed by atoms with van der Waals surface area (Å²) >= 11 is 0. The van der Waals surface area contributed by atoms with Crippen LogP contribution in [0, 0.1) is 5.92 Å². The van der Waals surface area contributed by atoms with E-state index in [0.29, 0.717) is 5.92 Å². The lowest BCUT2D eigenvalue weighted by Crippen LogP contribution is -2.16. The Hall–Kier alpha value is -3.58. The molecule has 0 saturated carbocycles. The Bertz CT molecular complexity index is 1230. The summed E-state index contributed by atoms with van der Waals surface area (Å²) in [5, 5.41) is 0. The third-order valence-electron chi connectivity index (χ3n) is 7.48. The van der Waals surface area contributed by atoms with Gasteiger partial charge in [-0.15, -0.1) is 0 Å². The molecule has 0 saturated heterocycles. The Morgan fingerprint density at radius 2 is 1.35 bits per heavy atom. The van der Waals surface area contributed by atoms with Crippen molar-refractivity contribution in [2.24, 2.45) is 5.92 Å². The molecule has 1 unspecified atom stereocenters. The van der Waals surface area contributed by atoms with Gasteiger partial charge < -0.3 is 4.90 Å². The SMILES string of the molecule is C1=CCC/C=C\C(CC(CCc2ccc(N(C3=CCCC=C3)c3ccccc3)cc2)C2=CCCC=C2)=C/1. The van der Waals surface area contributed by atoms with Crippen LogP contribution in [0.2, 0.25) is 0 Å². The van der Waals surface area contributed by atoms with Gasteiger partial charge in [0.05, 0.1) is 0 Å². The number of rotatable bonds is 9. The first-order valence-corrected chi connectivity index (χ1v) is 14.1. The van der Waals surface area contributed by atoms with E-state index >= 15 is 0 Å². The van der Waals surface area contributed by atoms with Gasteiger partial charge >= 0.3 is 0 Å². The second-order valence-corrected chi connectivity index (χ2v) is 10.2. The lowest BCUT2D eigenvalue weighted by Gasteiger charge is -2.28. The van der Waals surface area contributed by atoms with E-state index in [1.54, 1.807) is 0 Å². The monoisotopic (exact) mass is 485 g/mol. The number of hydrogen-bond acceptors (Lipinski definition) is 1. The maximum atomic E-state index is 2.47. The van der Waals surface area contributed by atoms with Crippen LogP contribution in [0.25, 0.3) is 0 Å². The van der Waals surface area contributed by atoms with Crippen molar-refractivity contribution >= 4 is 11.4 Å². The van der Waals surface area contributed by atoms with Gasteiger partial charge in [-0.3, -0.25) is 0 Å². The lowest BCUT2D eigenvalue weighted by atomic mass is 9.84. The number of allylic oxidation sites excluding steroid dienone is 13.